The number of rotatable bonds is 1. The fourth-order valence-corrected chi connectivity index (χ4v) is 2.29. The SMILES string of the molecule is CC1CN(C(=O)c2ncccc2Br)C(C)CO1. The predicted octanol–water partition coefficient (Wildman–Crippen LogP) is 2.09. The summed E-state index contributed by atoms with van der Waals surface area (Å²) in [4.78, 5) is 18.3. The number of hydrogen-bond acceptors (Lipinski definition) is 3. The number of morpholine rings is 1. The van der Waals surface area contributed by atoms with E-state index in [-0.39, 0.29) is 18.1 Å². The van der Waals surface area contributed by atoms with Crippen LogP contribution in [-0.2, 0) is 4.74 Å². The Balaban J connectivity index is 2.22. The van der Waals surface area contributed by atoms with Crippen LogP contribution < -0.4 is 0 Å². The van der Waals surface area contributed by atoms with Gasteiger partial charge in [-0.25, -0.2) is 4.98 Å². The first-order valence-corrected chi connectivity index (χ1v) is 6.42. The third-order valence-corrected chi connectivity index (χ3v) is 3.47. The largest absolute Gasteiger partial charge is 0.375 e. The topological polar surface area (TPSA) is 42.4 Å². The zero-order chi connectivity index (χ0) is 12.4. The Kier molecular flexibility index (Phi) is 3.79. The number of ether oxygens (including phenoxy) is 1. The van der Waals surface area contributed by atoms with Gasteiger partial charge >= 0.3 is 0 Å². The molecule has 1 amide bonds. The van der Waals surface area contributed by atoms with Crippen molar-refractivity contribution >= 4 is 21.8 Å². The Labute approximate surface area is 109 Å². The van der Waals surface area contributed by atoms with E-state index in [4.69, 9.17) is 4.74 Å². The molecule has 1 saturated heterocycles. The van der Waals surface area contributed by atoms with Gasteiger partial charge in [-0.1, -0.05) is 0 Å². The lowest BCUT2D eigenvalue weighted by molar-refractivity contribution is -0.0389. The summed E-state index contributed by atoms with van der Waals surface area (Å²) in [5, 5.41) is 0. The minimum absolute atomic E-state index is 0.0416. The average molecular weight is 299 g/mol. The lowest BCUT2D eigenvalue weighted by atomic mass is 10.2. The van der Waals surface area contributed by atoms with Gasteiger partial charge in [-0.2, -0.15) is 0 Å². The smallest absolute Gasteiger partial charge is 0.274 e. The third kappa shape index (κ3) is 2.66. The number of aromatic nitrogens is 1. The van der Waals surface area contributed by atoms with E-state index in [0.717, 1.165) is 4.47 Å². The van der Waals surface area contributed by atoms with Crippen LogP contribution in [-0.4, -0.2) is 41.1 Å². The van der Waals surface area contributed by atoms with E-state index in [1.807, 2.05) is 24.8 Å². The lowest BCUT2D eigenvalue weighted by Gasteiger charge is -2.36. The molecule has 1 fully saturated rings. The summed E-state index contributed by atoms with van der Waals surface area (Å²) >= 11 is 3.36. The van der Waals surface area contributed by atoms with Crippen molar-refractivity contribution in [2.45, 2.75) is 26.0 Å². The highest BCUT2D eigenvalue weighted by atomic mass is 79.9. The number of pyridine rings is 1. The van der Waals surface area contributed by atoms with E-state index in [9.17, 15) is 4.79 Å². The van der Waals surface area contributed by atoms with Gasteiger partial charge in [0, 0.05) is 17.2 Å². The van der Waals surface area contributed by atoms with Gasteiger partial charge in [0.2, 0.25) is 0 Å². The summed E-state index contributed by atoms with van der Waals surface area (Å²) in [5.41, 5.74) is 0.466. The number of nitrogens with zero attached hydrogens (tertiary/aromatic N) is 2. The standard InChI is InChI=1S/C12H15BrN2O2/c1-8-7-17-9(2)6-15(8)12(16)11-10(13)4-3-5-14-11/h3-5,8-9H,6-7H2,1-2H3. The van der Waals surface area contributed by atoms with Crippen molar-refractivity contribution in [2.75, 3.05) is 13.2 Å². The molecule has 2 rings (SSSR count). The van der Waals surface area contributed by atoms with Crippen LogP contribution in [0.4, 0.5) is 0 Å². The van der Waals surface area contributed by atoms with Crippen LogP contribution in [0.5, 0.6) is 0 Å². The molecule has 0 saturated carbocycles. The summed E-state index contributed by atoms with van der Waals surface area (Å²) in [6, 6.07) is 3.72. The average Bonchev–Trinajstić information content (AvgIpc) is 2.32. The fourth-order valence-electron chi connectivity index (χ4n) is 1.87. The van der Waals surface area contributed by atoms with E-state index in [1.165, 1.54) is 0 Å². The fraction of sp³-hybridized carbons (Fsp3) is 0.500. The predicted molar refractivity (Wildman–Crippen MR) is 67.8 cm³/mol. The quantitative estimate of drug-likeness (QED) is 0.797. The monoisotopic (exact) mass is 298 g/mol. The van der Waals surface area contributed by atoms with Gasteiger partial charge in [0.1, 0.15) is 5.69 Å². The Hall–Kier alpha value is -0.940. The molecule has 92 valence electrons. The second-order valence-corrected chi connectivity index (χ2v) is 5.14. The van der Waals surface area contributed by atoms with Crippen LogP contribution in [0, 0.1) is 0 Å². The number of halogens is 1. The Morgan fingerprint density at radius 2 is 2.35 bits per heavy atom. The maximum atomic E-state index is 12.4. The summed E-state index contributed by atoms with van der Waals surface area (Å²) in [6.45, 7) is 5.15. The molecule has 0 radical (unpaired) electrons. The molecule has 2 heterocycles. The molecule has 5 heteroatoms. The van der Waals surface area contributed by atoms with E-state index in [0.29, 0.717) is 18.8 Å². The normalized spacial score (nSPS) is 24.8. The first-order valence-electron chi connectivity index (χ1n) is 5.62. The highest BCUT2D eigenvalue weighted by molar-refractivity contribution is 9.10. The first-order chi connectivity index (χ1) is 8.09. The van der Waals surface area contributed by atoms with Gasteiger partial charge in [0.05, 0.1) is 18.8 Å². The summed E-state index contributed by atoms with van der Waals surface area (Å²) in [5.74, 6) is -0.0416. The summed E-state index contributed by atoms with van der Waals surface area (Å²) < 4.78 is 6.24. The van der Waals surface area contributed by atoms with Crippen LogP contribution in [0.2, 0.25) is 0 Å². The maximum absolute atomic E-state index is 12.4. The van der Waals surface area contributed by atoms with Crippen molar-refractivity contribution in [1.82, 2.24) is 9.88 Å². The van der Waals surface area contributed by atoms with Crippen molar-refractivity contribution in [3.05, 3.63) is 28.5 Å². The molecule has 2 atom stereocenters. The van der Waals surface area contributed by atoms with Crippen molar-refractivity contribution in [1.29, 1.82) is 0 Å². The maximum Gasteiger partial charge on any atom is 0.274 e. The molecule has 0 spiro atoms. The highest BCUT2D eigenvalue weighted by Crippen LogP contribution is 2.19. The molecule has 0 aromatic carbocycles. The molecule has 17 heavy (non-hydrogen) atoms. The Morgan fingerprint density at radius 1 is 1.59 bits per heavy atom. The first kappa shape index (κ1) is 12.5. The molecule has 1 aliphatic heterocycles. The van der Waals surface area contributed by atoms with E-state index >= 15 is 0 Å². The molecule has 2 unspecified atom stereocenters. The zero-order valence-corrected chi connectivity index (χ0v) is 11.5. The van der Waals surface area contributed by atoms with Crippen molar-refractivity contribution in [3.8, 4) is 0 Å². The van der Waals surface area contributed by atoms with Crippen molar-refractivity contribution in [2.24, 2.45) is 0 Å². The summed E-state index contributed by atoms with van der Waals surface area (Å²) in [6.07, 6.45) is 1.71. The van der Waals surface area contributed by atoms with E-state index in [1.54, 1.807) is 12.3 Å². The van der Waals surface area contributed by atoms with Gasteiger partial charge in [0.25, 0.3) is 5.91 Å². The molecule has 4 nitrogen and oxygen atoms in total. The van der Waals surface area contributed by atoms with Gasteiger partial charge in [-0.3, -0.25) is 4.79 Å². The number of hydrogen-bond donors (Lipinski definition) is 0. The van der Waals surface area contributed by atoms with Gasteiger partial charge in [-0.15, -0.1) is 0 Å². The minimum Gasteiger partial charge on any atom is -0.375 e. The van der Waals surface area contributed by atoms with Crippen molar-refractivity contribution < 1.29 is 9.53 Å². The second kappa shape index (κ2) is 5.14. The van der Waals surface area contributed by atoms with Crippen molar-refractivity contribution in [3.63, 3.8) is 0 Å². The molecule has 1 aliphatic rings. The third-order valence-electron chi connectivity index (χ3n) is 2.83. The molecule has 1 aromatic heterocycles. The molecule has 0 aliphatic carbocycles. The Morgan fingerprint density at radius 3 is 3.06 bits per heavy atom. The molecule has 1 aromatic rings. The van der Waals surface area contributed by atoms with Crippen LogP contribution in [0.1, 0.15) is 24.3 Å². The van der Waals surface area contributed by atoms with Crippen LogP contribution >= 0.6 is 15.9 Å². The van der Waals surface area contributed by atoms with Gasteiger partial charge in [0.15, 0.2) is 0 Å². The van der Waals surface area contributed by atoms with Gasteiger partial charge in [-0.05, 0) is 41.9 Å². The molecule has 0 bridgehead atoms. The van der Waals surface area contributed by atoms with Crippen LogP contribution in [0.15, 0.2) is 22.8 Å². The van der Waals surface area contributed by atoms with Crippen LogP contribution in [0.25, 0.3) is 0 Å². The molecular weight excluding hydrogens is 284 g/mol. The number of carbonyl (C=O) groups excluding carboxylic acids is 1. The second-order valence-electron chi connectivity index (χ2n) is 4.28. The zero-order valence-electron chi connectivity index (χ0n) is 9.89. The molecule has 0 N–H and O–H groups in total. The van der Waals surface area contributed by atoms with E-state index < -0.39 is 0 Å². The van der Waals surface area contributed by atoms with E-state index in [2.05, 4.69) is 20.9 Å². The Bertz CT molecular complexity index is 425. The number of amides is 1. The van der Waals surface area contributed by atoms with Crippen LogP contribution in [0.3, 0.4) is 0 Å². The lowest BCUT2D eigenvalue weighted by Crippen LogP contribution is -2.50. The molecular formula is C12H15BrN2O2. The van der Waals surface area contributed by atoms with Gasteiger partial charge < -0.3 is 9.64 Å². The number of carbonyl (C=O) groups is 1. The summed E-state index contributed by atoms with van der Waals surface area (Å²) in [7, 11) is 0. The highest BCUT2D eigenvalue weighted by Gasteiger charge is 2.29. The minimum atomic E-state index is -0.0416.